The number of hydrogen-bond donors (Lipinski definition) is 2. The van der Waals surface area contributed by atoms with Crippen molar-refractivity contribution < 1.29 is 27.2 Å². The van der Waals surface area contributed by atoms with Gasteiger partial charge >= 0.3 is 5.97 Å². The molecular weight excluding hydrogens is 262 g/mol. The number of furan rings is 2. The lowest BCUT2D eigenvalue weighted by atomic mass is 10.3. The van der Waals surface area contributed by atoms with Crippen LogP contribution in [0.2, 0.25) is 0 Å². The van der Waals surface area contributed by atoms with Crippen molar-refractivity contribution in [1.29, 1.82) is 0 Å². The number of carbonyl (C=O) groups is 1. The maximum absolute atomic E-state index is 11.7. The number of carboxylic acids is 1. The highest BCUT2D eigenvalue weighted by atomic mass is 32.2. The Morgan fingerprint density at radius 2 is 2.17 bits per heavy atom. The Labute approximate surface area is 102 Å². The zero-order valence-corrected chi connectivity index (χ0v) is 9.81. The third kappa shape index (κ3) is 2.60. The number of hydrogen-bond acceptors (Lipinski definition) is 5. The van der Waals surface area contributed by atoms with Crippen LogP contribution in [0, 0.1) is 0 Å². The molecule has 0 amide bonds. The van der Waals surface area contributed by atoms with E-state index in [1.54, 1.807) is 0 Å². The van der Waals surface area contributed by atoms with Gasteiger partial charge in [0.2, 0.25) is 10.0 Å². The van der Waals surface area contributed by atoms with E-state index in [0.29, 0.717) is 0 Å². The van der Waals surface area contributed by atoms with Gasteiger partial charge in [-0.25, -0.2) is 17.9 Å². The fourth-order valence-corrected chi connectivity index (χ4v) is 2.16. The summed E-state index contributed by atoms with van der Waals surface area (Å²) in [5.41, 5.74) is -0.0347. The largest absolute Gasteiger partial charge is 0.478 e. The summed E-state index contributed by atoms with van der Waals surface area (Å²) in [7, 11) is -3.68. The van der Waals surface area contributed by atoms with Crippen molar-refractivity contribution >= 4 is 16.0 Å². The number of carboxylic acid groups (broad SMARTS) is 1. The van der Waals surface area contributed by atoms with Gasteiger partial charge in [-0.15, -0.1) is 0 Å². The van der Waals surface area contributed by atoms with Crippen LogP contribution < -0.4 is 4.72 Å². The molecule has 2 rings (SSSR count). The molecule has 7 nitrogen and oxygen atoms in total. The molecule has 2 aromatic rings. The van der Waals surface area contributed by atoms with Crippen molar-refractivity contribution in [1.82, 2.24) is 4.72 Å². The quantitative estimate of drug-likeness (QED) is 0.841. The minimum atomic E-state index is -3.68. The number of aromatic carboxylic acids is 1. The summed E-state index contributed by atoms with van der Waals surface area (Å²) in [4.78, 5) is 10.6. The summed E-state index contributed by atoms with van der Waals surface area (Å²) >= 11 is 0. The third-order valence-corrected chi connectivity index (χ3v) is 3.52. The molecule has 0 spiro atoms. The van der Waals surface area contributed by atoms with Crippen LogP contribution in [0.5, 0.6) is 0 Å². The first-order valence-electron chi connectivity index (χ1n) is 4.81. The molecule has 0 aliphatic carbocycles. The van der Waals surface area contributed by atoms with Crippen molar-refractivity contribution in [3.8, 4) is 0 Å². The van der Waals surface area contributed by atoms with E-state index in [1.807, 2.05) is 0 Å². The van der Waals surface area contributed by atoms with Gasteiger partial charge in [0.1, 0.15) is 23.2 Å². The van der Waals surface area contributed by atoms with E-state index in [2.05, 4.69) is 9.14 Å². The molecule has 0 aromatic carbocycles. The Morgan fingerprint density at radius 1 is 1.39 bits per heavy atom. The monoisotopic (exact) mass is 271 g/mol. The maximum Gasteiger partial charge on any atom is 0.338 e. The van der Waals surface area contributed by atoms with Gasteiger partial charge in [0.15, 0.2) is 0 Å². The second kappa shape index (κ2) is 4.67. The van der Waals surface area contributed by atoms with E-state index >= 15 is 0 Å². The summed E-state index contributed by atoms with van der Waals surface area (Å²) in [6.07, 6.45) is 3.38. The number of rotatable bonds is 5. The summed E-state index contributed by atoms with van der Waals surface area (Å²) in [6, 6.07) is 2.55. The lowest BCUT2D eigenvalue weighted by Crippen LogP contribution is -2.22. The van der Waals surface area contributed by atoms with Gasteiger partial charge in [-0.1, -0.05) is 0 Å². The van der Waals surface area contributed by atoms with Gasteiger partial charge < -0.3 is 13.9 Å². The minimum absolute atomic E-state index is 0.00693. The summed E-state index contributed by atoms with van der Waals surface area (Å²) in [6.45, 7) is -0.138. The number of sulfonamides is 1. The standard InChI is InChI=1S/C10H9NO6S/c12-10(13)7-3-8(17-5-7)4-11-18(14,15)9-1-2-16-6-9/h1-3,5-6,11H,4H2,(H,12,13). The van der Waals surface area contributed by atoms with Gasteiger partial charge in [0.25, 0.3) is 0 Å². The van der Waals surface area contributed by atoms with Gasteiger partial charge in [0.05, 0.1) is 18.4 Å². The van der Waals surface area contributed by atoms with Crippen LogP contribution in [0.3, 0.4) is 0 Å². The van der Waals surface area contributed by atoms with Gasteiger partial charge in [0, 0.05) is 0 Å². The van der Waals surface area contributed by atoms with Gasteiger partial charge in [-0.05, 0) is 12.1 Å². The van der Waals surface area contributed by atoms with E-state index in [4.69, 9.17) is 9.52 Å². The molecule has 0 aliphatic heterocycles. The van der Waals surface area contributed by atoms with Crippen LogP contribution in [0.15, 0.2) is 44.7 Å². The van der Waals surface area contributed by atoms with Crippen LogP contribution in [0.25, 0.3) is 0 Å². The van der Waals surface area contributed by atoms with Crippen LogP contribution in [0.4, 0.5) is 0 Å². The van der Waals surface area contributed by atoms with Crippen LogP contribution in [-0.4, -0.2) is 19.5 Å². The molecule has 2 heterocycles. The fourth-order valence-electron chi connectivity index (χ4n) is 1.24. The maximum atomic E-state index is 11.7. The molecular formula is C10H9NO6S. The van der Waals surface area contributed by atoms with Crippen LogP contribution in [-0.2, 0) is 16.6 Å². The van der Waals surface area contributed by atoms with Gasteiger partial charge in [-0.3, -0.25) is 0 Å². The molecule has 96 valence electrons. The lowest BCUT2D eigenvalue weighted by Gasteiger charge is -2.01. The van der Waals surface area contributed by atoms with E-state index in [9.17, 15) is 13.2 Å². The fraction of sp³-hybridized carbons (Fsp3) is 0.100. The van der Waals surface area contributed by atoms with Crippen molar-refractivity contribution in [2.24, 2.45) is 0 Å². The zero-order valence-electron chi connectivity index (χ0n) is 8.99. The second-order valence-electron chi connectivity index (χ2n) is 3.39. The first-order chi connectivity index (χ1) is 8.49. The SMILES string of the molecule is O=C(O)c1coc(CNS(=O)(=O)c2ccoc2)c1. The smallest absolute Gasteiger partial charge is 0.338 e. The molecule has 0 unspecified atom stereocenters. The molecule has 8 heteroatoms. The van der Waals surface area contributed by atoms with E-state index in [0.717, 1.165) is 12.5 Å². The summed E-state index contributed by atoms with van der Waals surface area (Å²) < 4.78 is 35.2. The van der Waals surface area contributed by atoms with Crippen molar-refractivity contribution in [2.45, 2.75) is 11.4 Å². The van der Waals surface area contributed by atoms with E-state index < -0.39 is 16.0 Å². The molecule has 0 saturated heterocycles. The van der Waals surface area contributed by atoms with Crippen molar-refractivity contribution in [3.63, 3.8) is 0 Å². The Morgan fingerprint density at radius 3 is 2.72 bits per heavy atom. The zero-order chi connectivity index (χ0) is 13.2. The molecule has 2 aromatic heterocycles. The highest BCUT2D eigenvalue weighted by Gasteiger charge is 2.16. The van der Waals surface area contributed by atoms with E-state index in [-0.39, 0.29) is 22.8 Å². The number of nitrogens with one attached hydrogen (secondary N) is 1. The molecule has 18 heavy (non-hydrogen) atoms. The molecule has 0 fully saturated rings. The van der Waals surface area contributed by atoms with Crippen molar-refractivity contribution in [2.75, 3.05) is 0 Å². The first kappa shape index (κ1) is 12.4. The van der Waals surface area contributed by atoms with Crippen molar-refractivity contribution in [3.05, 3.63) is 42.2 Å². The highest BCUT2D eigenvalue weighted by molar-refractivity contribution is 7.89. The predicted octanol–water partition coefficient (Wildman–Crippen LogP) is 1.05. The Balaban J connectivity index is 2.05. The molecule has 0 bridgehead atoms. The molecule has 2 N–H and O–H groups in total. The second-order valence-corrected chi connectivity index (χ2v) is 5.16. The highest BCUT2D eigenvalue weighted by Crippen LogP contribution is 2.11. The minimum Gasteiger partial charge on any atom is -0.478 e. The first-order valence-corrected chi connectivity index (χ1v) is 6.30. The summed E-state index contributed by atoms with van der Waals surface area (Å²) in [5, 5.41) is 8.67. The lowest BCUT2D eigenvalue weighted by molar-refractivity contribution is 0.0696. The topological polar surface area (TPSA) is 110 Å². The molecule has 0 saturated carbocycles. The average Bonchev–Trinajstić information content (AvgIpc) is 2.98. The normalized spacial score (nSPS) is 11.6. The van der Waals surface area contributed by atoms with Crippen LogP contribution in [0.1, 0.15) is 16.1 Å². The Kier molecular flexibility index (Phi) is 3.21. The average molecular weight is 271 g/mol. The Hall–Kier alpha value is -2.06. The van der Waals surface area contributed by atoms with Crippen LogP contribution >= 0.6 is 0 Å². The predicted molar refractivity (Wildman–Crippen MR) is 58.4 cm³/mol. The summed E-state index contributed by atoms with van der Waals surface area (Å²) in [5.74, 6) is -0.929. The molecule has 0 aliphatic rings. The third-order valence-electron chi connectivity index (χ3n) is 2.14. The van der Waals surface area contributed by atoms with E-state index in [1.165, 1.54) is 18.4 Å². The van der Waals surface area contributed by atoms with Gasteiger partial charge in [-0.2, -0.15) is 0 Å². The molecule has 0 radical (unpaired) electrons. The molecule has 0 atom stereocenters. The Bertz CT molecular complexity index is 640.